The molecule has 9 nitrogen and oxygen atoms in total. The van der Waals surface area contributed by atoms with Crippen molar-refractivity contribution in [3.63, 3.8) is 0 Å². The van der Waals surface area contributed by atoms with Crippen LogP contribution in [-0.2, 0) is 0 Å². The SMILES string of the molecule is C=CCOc1ccc(/C=N/NC(=O)c2cc3cc([N+](=O)[O-])ccc3o2)cc1OC. The molecule has 0 saturated heterocycles. The molecule has 2 aromatic carbocycles. The van der Waals surface area contributed by atoms with Crippen LogP contribution in [0.15, 0.2) is 64.6 Å². The highest BCUT2D eigenvalue weighted by Crippen LogP contribution is 2.27. The van der Waals surface area contributed by atoms with Crippen LogP contribution in [-0.4, -0.2) is 30.8 Å². The van der Waals surface area contributed by atoms with Crippen LogP contribution in [0.1, 0.15) is 16.1 Å². The summed E-state index contributed by atoms with van der Waals surface area (Å²) in [7, 11) is 1.52. The first-order chi connectivity index (χ1) is 14.0. The van der Waals surface area contributed by atoms with Crippen LogP contribution in [0, 0.1) is 10.1 Å². The van der Waals surface area contributed by atoms with Crippen molar-refractivity contribution in [2.24, 2.45) is 5.10 Å². The molecule has 0 spiro atoms. The number of amides is 1. The summed E-state index contributed by atoms with van der Waals surface area (Å²) in [6.45, 7) is 3.94. The van der Waals surface area contributed by atoms with E-state index in [-0.39, 0.29) is 11.4 Å². The predicted molar refractivity (Wildman–Crippen MR) is 107 cm³/mol. The average Bonchev–Trinajstić information content (AvgIpc) is 3.16. The van der Waals surface area contributed by atoms with Crippen LogP contribution in [0.2, 0.25) is 0 Å². The molecule has 0 aliphatic rings. The van der Waals surface area contributed by atoms with Crippen molar-refractivity contribution in [3.8, 4) is 11.5 Å². The number of ether oxygens (including phenoxy) is 2. The zero-order valence-electron chi connectivity index (χ0n) is 15.5. The van der Waals surface area contributed by atoms with E-state index in [0.717, 1.165) is 0 Å². The number of benzene rings is 2. The Balaban J connectivity index is 1.70. The molecule has 1 amide bonds. The van der Waals surface area contributed by atoms with Gasteiger partial charge in [-0.2, -0.15) is 5.10 Å². The van der Waals surface area contributed by atoms with Gasteiger partial charge in [-0.1, -0.05) is 12.7 Å². The molecule has 9 heteroatoms. The summed E-state index contributed by atoms with van der Waals surface area (Å²) in [5.41, 5.74) is 3.30. The van der Waals surface area contributed by atoms with E-state index >= 15 is 0 Å². The number of hydrogen-bond acceptors (Lipinski definition) is 7. The minimum absolute atomic E-state index is 0.0107. The Kier molecular flexibility index (Phi) is 5.88. The minimum atomic E-state index is -0.585. The van der Waals surface area contributed by atoms with E-state index in [2.05, 4.69) is 17.1 Å². The van der Waals surface area contributed by atoms with Gasteiger partial charge in [0.2, 0.25) is 0 Å². The summed E-state index contributed by atoms with van der Waals surface area (Å²) < 4.78 is 16.1. The number of nitrogens with one attached hydrogen (secondary N) is 1. The lowest BCUT2D eigenvalue weighted by Crippen LogP contribution is -2.16. The fourth-order valence-electron chi connectivity index (χ4n) is 2.51. The second-order valence-electron chi connectivity index (χ2n) is 5.80. The van der Waals surface area contributed by atoms with Gasteiger partial charge in [-0.25, -0.2) is 5.43 Å². The maximum atomic E-state index is 12.2. The summed E-state index contributed by atoms with van der Waals surface area (Å²) in [6.07, 6.45) is 3.06. The predicted octanol–water partition coefficient (Wildman–Crippen LogP) is 3.68. The molecule has 1 heterocycles. The van der Waals surface area contributed by atoms with Gasteiger partial charge in [0.1, 0.15) is 12.2 Å². The lowest BCUT2D eigenvalue weighted by atomic mass is 10.2. The first kappa shape index (κ1) is 19.6. The van der Waals surface area contributed by atoms with Gasteiger partial charge in [0.15, 0.2) is 17.3 Å². The number of rotatable bonds is 8. The van der Waals surface area contributed by atoms with E-state index in [1.54, 1.807) is 24.3 Å². The average molecular weight is 395 g/mol. The Bertz CT molecular complexity index is 1100. The number of nitro benzene ring substituents is 1. The molecule has 1 N–H and O–H groups in total. The molecule has 3 aromatic rings. The maximum Gasteiger partial charge on any atom is 0.307 e. The van der Waals surface area contributed by atoms with E-state index in [9.17, 15) is 14.9 Å². The fraction of sp³-hybridized carbons (Fsp3) is 0.100. The summed E-state index contributed by atoms with van der Waals surface area (Å²) in [6, 6.07) is 10.7. The topological polar surface area (TPSA) is 116 Å². The third-order valence-corrected chi connectivity index (χ3v) is 3.86. The van der Waals surface area contributed by atoms with Crippen molar-refractivity contribution in [3.05, 3.63) is 76.6 Å². The van der Waals surface area contributed by atoms with Crippen molar-refractivity contribution >= 4 is 28.8 Å². The first-order valence-electron chi connectivity index (χ1n) is 8.45. The van der Waals surface area contributed by atoms with Gasteiger partial charge >= 0.3 is 5.91 Å². The van der Waals surface area contributed by atoms with Crippen molar-refractivity contribution in [1.82, 2.24) is 5.43 Å². The summed E-state index contributed by atoms with van der Waals surface area (Å²) in [5, 5.41) is 15.2. The van der Waals surface area contributed by atoms with Crippen LogP contribution in [0.3, 0.4) is 0 Å². The van der Waals surface area contributed by atoms with Gasteiger partial charge in [0.05, 0.1) is 18.2 Å². The van der Waals surface area contributed by atoms with Gasteiger partial charge in [0, 0.05) is 17.5 Å². The lowest BCUT2D eigenvalue weighted by molar-refractivity contribution is -0.384. The number of hydrazone groups is 1. The number of methoxy groups -OCH3 is 1. The van der Waals surface area contributed by atoms with Gasteiger partial charge in [-0.15, -0.1) is 0 Å². The van der Waals surface area contributed by atoms with Crippen molar-refractivity contribution in [2.75, 3.05) is 13.7 Å². The molecule has 1 aromatic heterocycles. The number of fused-ring (bicyclic) bond motifs is 1. The van der Waals surface area contributed by atoms with Crippen LogP contribution < -0.4 is 14.9 Å². The molecule has 0 atom stereocenters. The minimum Gasteiger partial charge on any atom is -0.493 e. The number of carbonyl (C=O) groups is 1. The van der Waals surface area contributed by atoms with E-state index in [1.807, 2.05) is 0 Å². The lowest BCUT2D eigenvalue weighted by Gasteiger charge is -2.09. The maximum absolute atomic E-state index is 12.2. The number of non-ortho nitro benzene ring substituents is 1. The standard InChI is InChI=1S/C20H17N3O6/c1-3-8-28-17-6-4-13(9-18(17)27-2)12-21-22-20(24)19-11-14-10-15(23(25)26)5-7-16(14)29-19/h3-7,9-12H,1,8H2,2H3,(H,22,24)/b21-12+. The highest BCUT2D eigenvalue weighted by Gasteiger charge is 2.14. The number of hydrogen-bond donors (Lipinski definition) is 1. The Labute approximate surface area is 165 Å². The Morgan fingerprint density at radius 1 is 1.28 bits per heavy atom. The van der Waals surface area contributed by atoms with Crippen LogP contribution >= 0.6 is 0 Å². The molecule has 0 bridgehead atoms. The highest BCUT2D eigenvalue weighted by atomic mass is 16.6. The van der Waals surface area contributed by atoms with Gasteiger partial charge in [-0.05, 0) is 35.9 Å². The first-order valence-corrected chi connectivity index (χ1v) is 8.45. The van der Waals surface area contributed by atoms with E-state index in [4.69, 9.17) is 13.9 Å². The van der Waals surface area contributed by atoms with Crippen LogP contribution in [0.4, 0.5) is 5.69 Å². The quantitative estimate of drug-likeness (QED) is 0.269. The van der Waals surface area contributed by atoms with Gasteiger partial charge in [0.25, 0.3) is 5.69 Å². The zero-order valence-corrected chi connectivity index (χ0v) is 15.5. The monoisotopic (exact) mass is 395 g/mol. The normalized spacial score (nSPS) is 10.8. The highest BCUT2D eigenvalue weighted by molar-refractivity contribution is 5.97. The third-order valence-electron chi connectivity index (χ3n) is 3.86. The molecule has 3 rings (SSSR count). The Morgan fingerprint density at radius 3 is 2.83 bits per heavy atom. The number of nitro groups is 1. The summed E-state index contributed by atoms with van der Waals surface area (Å²) in [5.74, 6) is 0.479. The van der Waals surface area contributed by atoms with Gasteiger partial charge in [-0.3, -0.25) is 14.9 Å². The molecule has 0 saturated carbocycles. The second kappa shape index (κ2) is 8.70. The Hall–Kier alpha value is -4.14. The Morgan fingerprint density at radius 2 is 2.10 bits per heavy atom. The van der Waals surface area contributed by atoms with Crippen molar-refractivity contribution < 1.29 is 23.6 Å². The molecule has 148 valence electrons. The fourth-order valence-corrected chi connectivity index (χ4v) is 2.51. The molecule has 0 radical (unpaired) electrons. The molecular weight excluding hydrogens is 378 g/mol. The number of furan rings is 1. The van der Waals surface area contributed by atoms with Crippen LogP contribution in [0.5, 0.6) is 11.5 Å². The third kappa shape index (κ3) is 4.59. The summed E-state index contributed by atoms with van der Waals surface area (Å²) >= 11 is 0. The van der Waals surface area contributed by atoms with E-state index in [0.29, 0.717) is 34.6 Å². The molecule has 0 aliphatic heterocycles. The smallest absolute Gasteiger partial charge is 0.307 e. The molecule has 0 fully saturated rings. The summed E-state index contributed by atoms with van der Waals surface area (Å²) in [4.78, 5) is 22.5. The molecule has 0 aliphatic carbocycles. The number of nitrogens with zero attached hydrogens (tertiary/aromatic N) is 2. The zero-order chi connectivity index (χ0) is 20.8. The van der Waals surface area contributed by atoms with Crippen LogP contribution in [0.25, 0.3) is 11.0 Å². The largest absolute Gasteiger partial charge is 0.493 e. The van der Waals surface area contributed by atoms with E-state index in [1.165, 1.54) is 37.6 Å². The second-order valence-corrected chi connectivity index (χ2v) is 5.80. The molecular formula is C20H17N3O6. The van der Waals surface area contributed by atoms with Crippen molar-refractivity contribution in [2.45, 2.75) is 0 Å². The van der Waals surface area contributed by atoms with E-state index < -0.39 is 10.8 Å². The van der Waals surface area contributed by atoms with Crippen molar-refractivity contribution in [1.29, 1.82) is 0 Å². The molecule has 0 unspecified atom stereocenters. The van der Waals surface area contributed by atoms with Gasteiger partial charge < -0.3 is 13.9 Å². The number of carbonyl (C=O) groups excluding carboxylic acids is 1. The molecule has 29 heavy (non-hydrogen) atoms.